The zero-order valence-electron chi connectivity index (χ0n) is 13.0. The average molecular weight is 360 g/mol. The summed E-state index contributed by atoms with van der Waals surface area (Å²) in [7, 11) is 0. The Morgan fingerprint density at radius 3 is 2.72 bits per heavy atom. The Balaban J connectivity index is 1.61. The maximum absolute atomic E-state index is 13.5. The lowest BCUT2D eigenvalue weighted by Crippen LogP contribution is -2.15. The number of hydrogen-bond donors (Lipinski definition) is 2. The smallest absolute Gasteiger partial charge is 0.234 e. The summed E-state index contributed by atoms with van der Waals surface area (Å²) in [5.41, 5.74) is 1.03. The van der Waals surface area contributed by atoms with Crippen molar-refractivity contribution in [3.05, 3.63) is 76.1 Å². The molecule has 0 aliphatic rings. The molecule has 1 aromatic heterocycles. The molecule has 0 fully saturated rings. The number of amides is 1. The molecule has 2 aromatic carbocycles. The van der Waals surface area contributed by atoms with Gasteiger partial charge in [0.15, 0.2) is 5.43 Å². The van der Waals surface area contributed by atoms with E-state index in [1.165, 1.54) is 48.2 Å². The molecular weight excluding hydrogens is 346 g/mol. The van der Waals surface area contributed by atoms with E-state index in [0.29, 0.717) is 17.0 Å². The molecule has 1 amide bonds. The van der Waals surface area contributed by atoms with Gasteiger partial charge in [-0.25, -0.2) is 8.78 Å². The molecule has 0 bridgehead atoms. The van der Waals surface area contributed by atoms with E-state index in [-0.39, 0.29) is 28.2 Å². The molecule has 2 N–H and O–H groups in total. The number of thioether (sulfide) groups is 1. The van der Waals surface area contributed by atoms with E-state index < -0.39 is 11.6 Å². The molecule has 3 aromatic rings. The Morgan fingerprint density at radius 2 is 1.92 bits per heavy atom. The number of carbonyl (C=O) groups excluding carboxylic acids is 1. The first-order valence-electron chi connectivity index (χ1n) is 7.46. The summed E-state index contributed by atoms with van der Waals surface area (Å²) in [6, 6.07) is 11.3. The van der Waals surface area contributed by atoms with Crippen LogP contribution in [0.4, 0.5) is 14.5 Å². The van der Waals surface area contributed by atoms with Crippen molar-refractivity contribution >= 4 is 34.3 Å². The SMILES string of the molecule is O=C(CSCc1cc(=O)c2cc(F)ccc2[nH]1)Nc1ccccc1F. The van der Waals surface area contributed by atoms with E-state index in [0.717, 1.165) is 0 Å². The first-order chi connectivity index (χ1) is 12.0. The first-order valence-corrected chi connectivity index (χ1v) is 8.62. The zero-order valence-corrected chi connectivity index (χ0v) is 13.8. The highest BCUT2D eigenvalue weighted by Gasteiger charge is 2.08. The Labute approximate surface area is 146 Å². The molecular formula is C18H14F2N2O2S. The number of para-hydroxylation sites is 1. The molecule has 1 heterocycles. The summed E-state index contributed by atoms with van der Waals surface area (Å²) < 4.78 is 26.7. The molecule has 0 saturated carbocycles. The van der Waals surface area contributed by atoms with Crippen molar-refractivity contribution in [3.8, 4) is 0 Å². The van der Waals surface area contributed by atoms with E-state index >= 15 is 0 Å². The van der Waals surface area contributed by atoms with Gasteiger partial charge in [0.1, 0.15) is 11.6 Å². The molecule has 0 saturated heterocycles. The van der Waals surface area contributed by atoms with Crippen LogP contribution in [0.2, 0.25) is 0 Å². The number of hydrogen-bond acceptors (Lipinski definition) is 3. The number of nitrogens with one attached hydrogen (secondary N) is 2. The first kappa shape index (κ1) is 17.2. The second kappa shape index (κ2) is 7.48. The van der Waals surface area contributed by atoms with E-state index in [9.17, 15) is 18.4 Å². The molecule has 0 unspecified atom stereocenters. The molecule has 0 spiro atoms. The molecule has 3 rings (SSSR count). The van der Waals surface area contributed by atoms with Gasteiger partial charge in [-0.1, -0.05) is 12.1 Å². The minimum Gasteiger partial charge on any atom is -0.357 e. The number of aromatic amines is 1. The van der Waals surface area contributed by atoms with Crippen LogP contribution < -0.4 is 10.7 Å². The number of benzene rings is 2. The van der Waals surface area contributed by atoms with Gasteiger partial charge in [-0.05, 0) is 30.3 Å². The van der Waals surface area contributed by atoms with Crippen molar-refractivity contribution in [1.29, 1.82) is 0 Å². The van der Waals surface area contributed by atoms with E-state index in [1.807, 2.05) is 0 Å². The van der Waals surface area contributed by atoms with Crippen molar-refractivity contribution in [2.24, 2.45) is 0 Å². The third-order valence-electron chi connectivity index (χ3n) is 3.49. The Morgan fingerprint density at radius 1 is 1.12 bits per heavy atom. The largest absolute Gasteiger partial charge is 0.357 e. The second-order valence-corrected chi connectivity index (χ2v) is 6.36. The normalized spacial score (nSPS) is 10.8. The van der Waals surface area contributed by atoms with Crippen molar-refractivity contribution in [3.63, 3.8) is 0 Å². The second-order valence-electron chi connectivity index (χ2n) is 5.37. The van der Waals surface area contributed by atoms with Crippen molar-refractivity contribution in [1.82, 2.24) is 4.98 Å². The number of pyridine rings is 1. The number of aromatic nitrogens is 1. The zero-order chi connectivity index (χ0) is 17.8. The van der Waals surface area contributed by atoms with Crippen LogP contribution in [0.15, 0.2) is 53.3 Å². The molecule has 7 heteroatoms. The quantitative estimate of drug-likeness (QED) is 0.730. The summed E-state index contributed by atoms with van der Waals surface area (Å²) in [4.78, 5) is 26.9. The molecule has 4 nitrogen and oxygen atoms in total. The highest BCUT2D eigenvalue weighted by molar-refractivity contribution is 7.99. The molecule has 25 heavy (non-hydrogen) atoms. The third kappa shape index (κ3) is 4.24. The lowest BCUT2D eigenvalue weighted by molar-refractivity contribution is -0.113. The molecule has 0 atom stereocenters. The summed E-state index contributed by atoms with van der Waals surface area (Å²) in [6.07, 6.45) is 0. The monoisotopic (exact) mass is 360 g/mol. The van der Waals surface area contributed by atoms with Gasteiger partial charge in [0.2, 0.25) is 5.91 Å². The van der Waals surface area contributed by atoms with Gasteiger partial charge >= 0.3 is 0 Å². The molecule has 0 aliphatic carbocycles. The van der Waals surface area contributed by atoms with Crippen LogP contribution in [0, 0.1) is 11.6 Å². The maximum Gasteiger partial charge on any atom is 0.234 e. The molecule has 0 aliphatic heterocycles. The van der Waals surface area contributed by atoms with Crippen LogP contribution in [0.5, 0.6) is 0 Å². The summed E-state index contributed by atoms with van der Waals surface area (Å²) in [5, 5.41) is 2.78. The Kier molecular flexibility index (Phi) is 5.14. The van der Waals surface area contributed by atoms with Gasteiger partial charge < -0.3 is 10.3 Å². The van der Waals surface area contributed by atoms with E-state index in [1.54, 1.807) is 12.1 Å². The number of carbonyl (C=O) groups is 1. The highest BCUT2D eigenvalue weighted by Crippen LogP contribution is 2.16. The Hall–Kier alpha value is -2.67. The van der Waals surface area contributed by atoms with Crippen LogP contribution in [0.3, 0.4) is 0 Å². The van der Waals surface area contributed by atoms with Gasteiger partial charge in [0.25, 0.3) is 0 Å². The maximum atomic E-state index is 13.5. The fourth-order valence-electron chi connectivity index (χ4n) is 2.35. The van der Waals surface area contributed by atoms with Gasteiger partial charge in [-0.15, -0.1) is 11.8 Å². The topological polar surface area (TPSA) is 62.0 Å². The van der Waals surface area contributed by atoms with Crippen LogP contribution in [0.25, 0.3) is 10.9 Å². The van der Waals surface area contributed by atoms with Gasteiger partial charge in [-0.3, -0.25) is 9.59 Å². The summed E-state index contributed by atoms with van der Waals surface area (Å²) >= 11 is 1.28. The van der Waals surface area contributed by atoms with Crippen LogP contribution in [-0.2, 0) is 10.5 Å². The predicted octanol–water partition coefficient (Wildman–Crippen LogP) is 3.68. The number of H-pyrrole nitrogens is 1. The average Bonchev–Trinajstić information content (AvgIpc) is 2.58. The Bertz CT molecular complexity index is 988. The van der Waals surface area contributed by atoms with E-state index in [2.05, 4.69) is 10.3 Å². The fourth-order valence-corrected chi connectivity index (χ4v) is 3.09. The van der Waals surface area contributed by atoms with Crippen LogP contribution in [0.1, 0.15) is 5.69 Å². The minimum atomic E-state index is -0.494. The van der Waals surface area contributed by atoms with Gasteiger partial charge in [0, 0.05) is 28.4 Å². The minimum absolute atomic E-state index is 0.109. The van der Waals surface area contributed by atoms with Crippen molar-refractivity contribution in [2.75, 3.05) is 11.1 Å². The van der Waals surface area contributed by atoms with Gasteiger partial charge in [-0.2, -0.15) is 0 Å². The summed E-state index contributed by atoms with van der Waals surface area (Å²) in [6.45, 7) is 0. The number of fused-ring (bicyclic) bond motifs is 1. The third-order valence-corrected chi connectivity index (χ3v) is 4.47. The van der Waals surface area contributed by atoms with E-state index in [4.69, 9.17) is 0 Å². The van der Waals surface area contributed by atoms with Gasteiger partial charge in [0.05, 0.1) is 11.4 Å². The fraction of sp³-hybridized carbons (Fsp3) is 0.111. The molecule has 128 valence electrons. The lowest BCUT2D eigenvalue weighted by Gasteiger charge is -2.07. The lowest BCUT2D eigenvalue weighted by atomic mass is 10.2. The number of rotatable bonds is 5. The number of anilines is 1. The standard InChI is InChI=1S/C18H14F2N2O2S/c19-11-5-6-15-13(7-11)17(23)8-12(21-15)9-25-10-18(24)22-16-4-2-1-3-14(16)20/h1-8H,9-10H2,(H,21,23)(H,22,24). The van der Waals surface area contributed by atoms with Crippen LogP contribution >= 0.6 is 11.8 Å². The van der Waals surface area contributed by atoms with Crippen LogP contribution in [-0.4, -0.2) is 16.6 Å². The molecule has 0 radical (unpaired) electrons. The van der Waals surface area contributed by atoms with Crippen molar-refractivity contribution < 1.29 is 13.6 Å². The van der Waals surface area contributed by atoms with Crippen molar-refractivity contribution in [2.45, 2.75) is 5.75 Å². The summed E-state index contributed by atoms with van der Waals surface area (Å²) in [5.74, 6) is -0.789. The number of halogens is 2. The highest BCUT2D eigenvalue weighted by atomic mass is 32.2. The predicted molar refractivity (Wildman–Crippen MR) is 95.7 cm³/mol.